The molecule has 104 valence electrons. The molecule has 1 aliphatic heterocycles. The number of nitrogens with zero attached hydrogens (tertiary/aromatic N) is 4. The molecule has 0 unspecified atom stereocenters. The van der Waals surface area contributed by atoms with Gasteiger partial charge in [-0.15, -0.1) is 0 Å². The van der Waals surface area contributed by atoms with Crippen LogP contribution in [0.1, 0.15) is 0 Å². The molecule has 0 atom stereocenters. The minimum absolute atomic E-state index is 0.357. The van der Waals surface area contributed by atoms with Crippen LogP contribution in [-0.4, -0.2) is 36.1 Å². The van der Waals surface area contributed by atoms with Crippen LogP contribution in [-0.2, 0) is 0 Å². The van der Waals surface area contributed by atoms with Crippen LogP contribution >= 0.6 is 15.9 Å². The van der Waals surface area contributed by atoms with Gasteiger partial charge in [0.25, 0.3) is 0 Å². The second kappa shape index (κ2) is 5.75. The van der Waals surface area contributed by atoms with E-state index in [1.807, 2.05) is 17.0 Å². The summed E-state index contributed by atoms with van der Waals surface area (Å²) in [6.07, 6.45) is 2.60. The zero-order chi connectivity index (χ0) is 13.9. The third-order valence-electron chi connectivity index (χ3n) is 3.42. The van der Waals surface area contributed by atoms with E-state index in [1.54, 1.807) is 0 Å². The van der Waals surface area contributed by atoms with Crippen molar-refractivity contribution in [2.24, 2.45) is 0 Å². The Morgan fingerprint density at radius 3 is 2.30 bits per heavy atom. The summed E-state index contributed by atoms with van der Waals surface area (Å²) < 4.78 is 14.7. The Balaban J connectivity index is 1.68. The van der Waals surface area contributed by atoms with E-state index in [2.05, 4.69) is 42.9 Å². The molecule has 1 aliphatic rings. The summed E-state index contributed by atoms with van der Waals surface area (Å²) in [4.78, 5) is 12.0. The molecule has 3 rings (SSSR count). The number of hydrogen-bond acceptors (Lipinski definition) is 4. The largest absolute Gasteiger partial charge is 0.368 e. The van der Waals surface area contributed by atoms with Gasteiger partial charge in [0.1, 0.15) is 6.33 Å². The summed E-state index contributed by atoms with van der Waals surface area (Å²) in [6, 6.07) is 8.24. The van der Waals surface area contributed by atoms with E-state index >= 15 is 0 Å². The van der Waals surface area contributed by atoms with Gasteiger partial charge in [-0.05, 0) is 24.3 Å². The van der Waals surface area contributed by atoms with Crippen molar-refractivity contribution >= 4 is 27.4 Å². The molecule has 0 radical (unpaired) electrons. The lowest BCUT2D eigenvalue weighted by Crippen LogP contribution is -2.47. The van der Waals surface area contributed by atoms with Crippen molar-refractivity contribution in [3.8, 4) is 0 Å². The Morgan fingerprint density at radius 1 is 1.00 bits per heavy atom. The normalized spacial score (nSPS) is 15.5. The Bertz CT molecular complexity index is 582. The highest BCUT2D eigenvalue weighted by Gasteiger charge is 2.20. The predicted molar refractivity (Wildman–Crippen MR) is 80.6 cm³/mol. The second-order valence-corrected chi connectivity index (χ2v) is 5.56. The van der Waals surface area contributed by atoms with Crippen LogP contribution in [0.3, 0.4) is 0 Å². The molecule has 1 aromatic carbocycles. The lowest BCUT2D eigenvalue weighted by molar-refractivity contribution is 0.582. The van der Waals surface area contributed by atoms with Crippen LogP contribution in [0.2, 0.25) is 0 Å². The molecule has 1 saturated heterocycles. The fraction of sp³-hybridized carbons (Fsp3) is 0.286. The van der Waals surface area contributed by atoms with Crippen molar-refractivity contribution in [1.82, 2.24) is 9.97 Å². The first-order valence-electron chi connectivity index (χ1n) is 6.45. The van der Waals surface area contributed by atoms with Gasteiger partial charge in [0.05, 0.1) is 6.20 Å². The molecule has 1 aromatic heterocycles. The first-order valence-corrected chi connectivity index (χ1v) is 7.24. The lowest BCUT2D eigenvalue weighted by atomic mass is 10.2. The highest BCUT2D eigenvalue weighted by molar-refractivity contribution is 9.10. The van der Waals surface area contributed by atoms with E-state index in [-0.39, 0.29) is 5.82 Å². The van der Waals surface area contributed by atoms with Gasteiger partial charge in [0, 0.05) is 36.3 Å². The van der Waals surface area contributed by atoms with Gasteiger partial charge >= 0.3 is 0 Å². The molecule has 2 heterocycles. The van der Waals surface area contributed by atoms with E-state index in [0.717, 1.165) is 30.7 Å². The maximum absolute atomic E-state index is 13.7. The van der Waals surface area contributed by atoms with E-state index in [9.17, 15) is 4.39 Å². The molecule has 4 nitrogen and oxygen atoms in total. The molecular weight excluding hydrogens is 323 g/mol. The monoisotopic (exact) mass is 336 g/mol. The van der Waals surface area contributed by atoms with Crippen LogP contribution in [0.25, 0.3) is 0 Å². The highest BCUT2D eigenvalue weighted by Crippen LogP contribution is 2.22. The molecule has 20 heavy (non-hydrogen) atoms. The summed E-state index contributed by atoms with van der Waals surface area (Å²) >= 11 is 3.43. The molecule has 1 fully saturated rings. The fourth-order valence-corrected chi connectivity index (χ4v) is 2.63. The molecule has 0 N–H and O–H groups in total. The Hall–Kier alpha value is -1.69. The smallest absolute Gasteiger partial charge is 0.183 e. The minimum Gasteiger partial charge on any atom is -0.368 e. The summed E-state index contributed by atoms with van der Waals surface area (Å²) in [5.41, 5.74) is 1.19. The minimum atomic E-state index is -0.357. The average molecular weight is 337 g/mol. The Morgan fingerprint density at radius 2 is 1.65 bits per heavy atom. The molecule has 0 spiro atoms. The Kier molecular flexibility index (Phi) is 3.82. The fourth-order valence-electron chi connectivity index (χ4n) is 2.37. The number of piperazine rings is 1. The number of benzene rings is 1. The molecule has 6 heteroatoms. The van der Waals surface area contributed by atoms with Gasteiger partial charge in [-0.1, -0.05) is 15.9 Å². The number of rotatable bonds is 2. The van der Waals surface area contributed by atoms with Crippen LogP contribution in [0.4, 0.5) is 15.9 Å². The van der Waals surface area contributed by atoms with E-state index in [0.29, 0.717) is 5.82 Å². The molecule has 0 amide bonds. The van der Waals surface area contributed by atoms with Crippen molar-refractivity contribution in [2.75, 3.05) is 36.0 Å². The first-order chi connectivity index (χ1) is 9.74. The summed E-state index contributed by atoms with van der Waals surface area (Å²) in [5.74, 6) is 0.0417. The van der Waals surface area contributed by atoms with Crippen molar-refractivity contribution < 1.29 is 4.39 Å². The van der Waals surface area contributed by atoms with Crippen molar-refractivity contribution in [2.45, 2.75) is 0 Å². The number of anilines is 2. The average Bonchev–Trinajstić information content (AvgIpc) is 2.49. The second-order valence-electron chi connectivity index (χ2n) is 4.64. The molecule has 0 aliphatic carbocycles. The maximum Gasteiger partial charge on any atom is 0.183 e. The van der Waals surface area contributed by atoms with E-state index in [4.69, 9.17) is 0 Å². The third-order valence-corrected chi connectivity index (χ3v) is 3.95. The van der Waals surface area contributed by atoms with Gasteiger partial charge < -0.3 is 9.80 Å². The molecule has 0 bridgehead atoms. The Labute approximate surface area is 125 Å². The zero-order valence-corrected chi connectivity index (χ0v) is 12.4. The lowest BCUT2D eigenvalue weighted by Gasteiger charge is -2.36. The van der Waals surface area contributed by atoms with Gasteiger partial charge in [-0.25, -0.2) is 14.4 Å². The van der Waals surface area contributed by atoms with E-state index in [1.165, 1.54) is 18.2 Å². The SMILES string of the molecule is Fc1cncnc1N1CCN(c2ccc(Br)cc2)CC1. The van der Waals surface area contributed by atoms with Crippen LogP contribution in [0.5, 0.6) is 0 Å². The van der Waals surface area contributed by atoms with E-state index < -0.39 is 0 Å². The van der Waals surface area contributed by atoms with Crippen molar-refractivity contribution in [1.29, 1.82) is 0 Å². The zero-order valence-electron chi connectivity index (χ0n) is 10.8. The van der Waals surface area contributed by atoms with Gasteiger partial charge in [-0.3, -0.25) is 0 Å². The van der Waals surface area contributed by atoms with Crippen LogP contribution in [0.15, 0.2) is 41.3 Å². The topological polar surface area (TPSA) is 32.3 Å². The first kappa shape index (κ1) is 13.3. The third kappa shape index (κ3) is 2.75. The molecular formula is C14H14BrFN4. The van der Waals surface area contributed by atoms with Gasteiger partial charge in [0.15, 0.2) is 11.6 Å². The quantitative estimate of drug-likeness (QED) is 0.844. The highest BCUT2D eigenvalue weighted by atomic mass is 79.9. The summed E-state index contributed by atoms with van der Waals surface area (Å²) in [5, 5.41) is 0. The van der Waals surface area contributed by atoms with Crippen LogP contribution < -0.4 is 9.80 Å². The standard InChI is InChI=1S/C14H14BrFN4/c15-11-1-3-12(4-2-11)19-5-7-20(8-6-19)14-13(16)9-17-10-18-14/h1-4,9-10H,5-8H2. The van der Waals surface area contributed by atoms with Crippen molar-refractivity contribution in [3.05, 3.63) is 47.1 Å². The van der Waals surface area contributed by atoms with Gasteiger partial charge in [-0.2, -0.15) is 0 Å². The number of aromatic nitrogens is 2. The summed E-state index contributed by atoms with van der Waals surface area (Å²) in [6.45, 7) is 3.21. The molecule has 0 saturated carbocycles. The predicted octanol–water partition coefficient (Wildman–Crippen LogP) is 2.70. The molecule has 2 aromatic rings. The number of hydrogen-bond donors (Lipinski definition) is 0. The van der Waals surface area contributed by atoms with Gasteiger partial charge in [0.2, 0.25) is 0 Å². The van der Waals surface area contributed by atoms with Crippen molar-refractivity contribution in [3.63, 3.8) is 0 Å². The van der Waals surface area contributed by atoms with Crippen LogP contribution in [0, 0.1) is 5.82 Å². The maximum atomic E-state index is 13.7. The number of halogens is 2. The summed E-state index contributed by atoms with van der Waals surface area (Å²) in [7, 11) is 0.